The third kappa shape index (κ3) is 8.71. The molecule has 0 heterocycles. The first kappa shape index (κ1) is 28.9. The minimum absolute atomic E-state index is 0.186. The number of alkyl halides is 2. The van der Waals surface area contributed by atoms with Crippen LogP contribution in [-0.2, 0) is 6.42 Å². The van der Waals surface area contributed by atoms with Crippen LogP contribution >= 0.6 is 0 Å². The second-order valence-corrected chi connectivity index (χ2v) is 11.9. The van der Waals surface area contributed by atoms with E-state index in [2.05, 4.69) is 13.8 Å². The second-order valence-electron chi connectivity index (χ2n) is 11.9. The van der Waals surface area contributed by atoms with E-state index in [4.69, 9.17) is 9.47 Å². The van der Waals surface area contributed by atoms with Gasteiger partial charge in [-0.1, -0.05) is 76.6 Å². The van der Waals surface area contributed by atoms with Crippen molar-refractivity contribution >= 4 is 0 Å². The van der Waals surface area contributed by atoms with Crippen LogP contribution in [0.25, 0.3) is 0 Å². The topological polar surface area (TPSA) is 18.5 Å². The lowest BCUT2D eigenvalue weighted by Crippen LogP contribution is -2.32. The fourth-order valence-corrected chi connectivity index (χ4v) is 6.79. The molecule has 0 amide bonds. The third-order valence-corrected chi connectivity index (χ3v) is 9.04. The van der Waals surface area contributed by atoms with Crippen LogP contribution in [0.4, 0.5) is 8.78 Å². The monoisotopic (exact) mass is 526 g/mol. The van der Waals surface area contributed by atoms with Crippen molar-refractivity contribution in [3.8, 4) is 11.5 Å². The summed E-state index contributed by atoms with van der Waals surface area (Å²) in [6.45, 7) is 3.67. The van der Waals surface area contributed by atoms with Gasteiger partial charge < -0.3 is 9.47 Å². The molecule has 0 bridgehead atoms. The Morgan fingerprint density at radius 1 is 0.711 bits per heavy atom. The summed E-state index contributed by atoms with van der Waals surface area (Å²) >= 11 is 0. The van der Waals surface area contributed by atoms with Crippen molar-refractivity contribution in [3.63, 3.8) is 0 Å². The van der Waals surface area contributed by atoms with Gasteiger partial charge in [-0.15, -0.1) is 0 Å². The number of aryl methyl sites for hydroxylation is 1. The van der Waals surface area contributed by atoms with Gasteiger partial charge in [-0.05, 0) is 110 Å². The van der Waals surface area contributed by atoms with E-state index in [1.165, 1.54) is 88.2 Å². The van der Waals surface area contributed by atoms with Gasteiger partial charge in [0.05, 0.1) is 0 Å². The van der Waals surface area contributed by atoms with E-state index < -0.39 is 12.7 Å². The largest absolute Gasteiger partial charge is 0.483 e. The Bertz CT molecular complexity index is 924. The highest BCUT2D eigenvalue weighted by Crippen LogP contribution is 2.44. The Morgan fingerprint density at radius 3 is 1.92 bits per heavy atom. The summed E-state index contributed by atoms with van der Waals surface area (Å²) in [7, 11) is 0. The predicted molar refractivity (Wildman–Crippen MR) is 152 cm³/mol. The summed E-state index contributed by atoms with van der Waals surface area (Å²) in [5, 5.41) is 0. The number of unbranched alkanes of at least 4 members (excludes halogenated alkanes) is 2. The van der Waals surface area contributed by atoms with Crippen LogP contribution in [-0.4, -0.2) is 12.7 Å². The van der Waals surface area contributed by atoms with Gasteiger partial charge in [-0.25, -0.2) is 0 Å². The van der Waals surface area contributed by atoms with Crippen LogP contribution in [0, 0.1) is 17.8 Å². The molecule has 4 heteroatoms. The summed E-state index contributed by atoms with van der Waals surface area (Å²) in [4.78, 5) is 0. The van der Waals surface area contributed by atoms with Crippen molar-refractivity contribution in [2.24, 2.45) is 17.8 Å². The number of benzene rings is 2. The predicted octanol–water partition coefficient (Wildman–Crippen LogP) is 10.4. The molecule has 38 heavy (non-hydrogen) atoms. The van der Waals surface area contributed by atoms with Gasteiger partial charge in [-0.2, -0.15) is 8.78 Å². The average Bonchev–Trinajstić information content (AvgIpc) is 2.94. The first-order chi connectivity index (χ1) is 18.5. The SMILES string of the molecule is CCCCCc1ccc(OCC(F)(F)Oc2ccc(C3CCC(C4CCC(CCC)CC4)CC3)cc2)cc1. The molecule has 2 aliphatic carbocycles. The fraction of sp³-hybridized carbons (Fsp3) is 0.647. The van der Waals surface area contributed by atoms with Crippen LogP contribution in [0.1, 0.15) is 114 Å². The summed E-state index contributed by atoms with van der Waals surface area (Å²) in [5.74, 6) is 3.93. The second kappa shape index (κ2) is 14.3. The van der Waals surface area contributed by atoms with E-state index in [0.29, 0.717) is 11.7 Å². The maximum atomic E-state index is 14.5. The Morgan fingerprint density at radius 2 is 1.32 bits per heavy atom. The van der Waals surface area contributed by atoms with E-state index in [1.54, 1.807) is 24.3 Å². The molecule has 0 atom stereocenters. The Hall–Kier alpha value is -2.10. The van der Waals surface area contributed by atoms with Gasteiger partial charge in [0.2, 0.25) is 0 Å². The Labute approximate surface area is 229 Å². The van der Waals surface area contributed by atoms with Gasteiger partial charge in [-0.3, -0.25) is 0 Å². The lowest BCUT2D eigenvalue weighted by Gasteiger charge is -2.38. The van der Waals surface area contributed by atoms with Crippen LogP contribution in [0.3, 0.4) is 0 Å². The molecule has 2 aliphatic rings. The fourth-order valence-electron chi connectivity index (χ4n) is 6.79. The first-order valence-corrected chi connectivity index (χ1v) is 15.3. The molecule has 4 rings (SSSR count). The van der Waals surface area contributed by atoms with Crippen molar-refractivity contribution in [2.75, 3.05) is 6.61 Å². The van der Waals surface area contributed by atoms with Gasteiger partial charge in [0.15, 0.2) is 6.61 Å². The molecular formula is C34H48F2O2. The standard InChI is InChI=1S/C34H48F2O2/c1-3-5-6-8-27-11-21-32(22-12-27)37-25-34(35,36)38-33-23-19-31(20-24-33)30-17-15-29(16-18-30)28-13-9-26(7-4-2)10-14-28/h11-12,19-24,26,28-30H,3-10,13-18,25H2,1-2H3. The van der Waals surface area contributed by atoms with Gasteiger partial charge in [0.1, 0.15) is 11.5 Å². The number of hydrogen-bond donors (Lipinski definition) is 0. The maximum Gasteiger partial charge on any atom is 0.432 e. The minimum Gasteiger partial charge on any atom is -0.483 e. The number of hydrogen-bond acceptors (Lipinski definition) is 2. The zero-order valence-electron chi connectivity index (χ0n) is 23.6. The summed E-state index contributed by atoms with van der Waals surface area (Å²) in [5.41, 5.74) is 2.46. The van der Waals surface area contributed by atoms with E-state index in [-0.39, 0.29) is 5.75 Å². The number of ether oxygens (including phenoxy) is 2. The molecule has 2 aromatic carbocycles. The van der Waals surface area contributed by atoms with Crippen LogP contribution in [0.5, 0.6) is 11.5 Å². The highest BCUT2D eigenvalue weighted by molar-refractivity contribution is 5.30. The van der Waals surface area contributed by atoms with Crippen molar-refractivity contribution in [2.45, 2.75) is 116 Å². The van der Waals surface area contributed by atoms with E-state index in [9.17, 15) is 8.78 Å². The maximum absolute atomic E-state index is 14.5. The smallest absolute Gasteiger partial charge is 0.432 e. The van der Waals surface area contributed by atoms with Crippen LogP contribution in [0.15, 0.2) is 48.5 Å². The number of rotatable bonds is 13. The van der Waals surface area contributed by atoms with E-state index >= 15 is 0 Å². The van der Waals surface area contributed by atoms with Crippen molar-refractivity contribution in [3.05, 3.63) is 59.7 Å². The molecule has 0 aromatic heterocycles. The summed E-state index contributed by atoms with van der Waals surface area (Å²) in [6.07, 6.45) is 14.6. The minimum atomic E-state index is -3.39. The third-order valence-electron chi connectivity index (χ3n) is 9.04. The molecule has 0 radical (unpaired) electrons. The lowest BCUT2D eigenvalue weighted by molar-refractivity contribution is -0.195. The number of halogens is 2. The van der Waals surface area contributed by atoms with E-state index in [0.717, 1.165) is 30.6 Å². The first-order valence-electron chi connectivity index (χ1n) is 15.3. The molecular weight excluding hydrogens is 478 g/mol. The normalized spacial score (nSPS) is 24.2. The molecule has 0 unspecified atom stereocenters. The molecule has 0 saturated heterocycles. The summed E-state index contributed by atoms with van der Waals surface area (Å²) in [6, 6.07) is 14.8. The molecule has 2 fully saturated rings. The molecule has 2 aromatic rings. The van der Waals surface area contributed by atoms with Gasteiger partial charge >= 0.3 is 6.11 Å². The highest BCUT2D eigenvalue weighted by atomic mass is 19.3. The lowest BCUT2D eigenvalue weighted by atomic mass is 9.68. The summed E-state index contributed by atoms with van der Waals surface area (Å²) < 4.78 is 39.3. The quantitative estimate of drug-likeness (QED) is 0.242. The molecule has 0 aliphatic heterocycles. The molecule has 2 saturated carbocycles. The molecule has 0 N–H and O–H groups in total. The van der Waals surface area contributed by atoms with Crippen molar-refractivity contribution in [1.82, 2.24) is 0 Å². The van der Waals surface area contributed by atoms with Gasteiger partial charge in [0.25, 0.3) is 0 Å². The highest BCUT2D eigenvalue weighted by Gasteiger charge is 2.34. The van der Waals surface area contributed by atoms with Crippen molar-refractivity contribution in [1.29, 1.82) is 0 Å². The van der Waals surface area contributed by atoms with Gasteiger partial charge in [0, 0.05) is 0 Å². The molecule has 2 nitrogen and oxygen atoms in total. The average molecular weight is 527 g/mol. The Balaban J connectivity index is 1.19. The zero-order valence-corrected chi connectivity index (χ0v) is 23.6. The van der Waals surface area contributed by atoms with Crippen LogP contribution in [0.2, 0.25) is 0 Å². The molecule has 210 valence electrons. The van der Waals surface area contributed by atoms with E-state index in [1.807, 2.05) is 24.3 Å². The van der Waals surface area contributed by atoms with Crippen LogP contribution < -0.4 is 9.47 Å². The van der Waals surface area contributed by atoms with Crippen molar-refractivity contribution < 1.29 is 18.3 Å². The Kier molecular flexibility index (Phi) is 10.9. The molecule has 0 spiro atoms. The zero-order chi connectivity index (χ0) is 26.8.